The van der Waals surface area contributed by atoms with Gasteiger partial charge in [-0.3, -0.25) is 9.11 Å². The number of aromatic hydroxyl groups is 2. The average Bonchev–Trinajstić information content (AvgIpc) is 2.72. The maximum Gasteiger partial charge on any atom is 0.296 e. The van der Waals surface area contributed by atoms with Crippen LogP contribution in [0.25, 0.3) is 21.5 Å². The monoisotopic (exact) mass is 489 g/mol. The van der Waals surface area contributed by atoms with Crippen LogP contribution in [0.1, 0.15) is 0 Å². The van der Waals surface area contributed by atoms with Crippen LogP contribution in [0.3, 0.4) is 0 Å². The lowest BCUT2D eigenvalue weighted by Crippen LogP contribution is -1.99. The van der Waals surface area contributed by atoms with E-state index in [0.29, 0.717) is 0 Å². The van der Waals surface area contributed by atoms with Gasteiger partial charge in [0.1, 0.15) is 26.9 Å². The molecule has 0 aromatic heterocycles. The fourth-order valence-corrected chi connectivity index (χ4v) is 4.77. The maximum absolute atomic E-state index is 11.9. The molecule has 0 fully saturated rings. The van der Waals surface area contributed by atoms with Gasteiger partial charge in [0.05, 0.1) is 0 Å². The Bertz CT molecular complexity index is 1700. The maximum atomic E-state index is 11.9. The van der Waals surface area contributed by atoms with Crippen LogP contribution >= 0.6 is 0 Å². The summed E-state index contributed by atoms with van der Waals surface area (Å²) < 4.78 is 66.4. The van der Waals surface area contributed by atoms with Gasteiger partial charge in [-0.2, -0.15) is 16.8 Å². The third-order valence-corrected chi connectivity index (χ3v) is 6.60. The van der Waals surface area contributed by atoms with E-state index in [0.717, 1.165) is 12.1 Å². The number of nitrogens with two attached hydrogens (primary N) is 1. The highest BCUT2D eigenvalue weighted by Gasteiger charge is 2.23. The molecule has 0 aliphatic carbocycles. The number of phenols is 2. The van der Waals surface area contributed by atoms with E-state index in [1.54, 1.807) is 0 Å². The first-order chi connectivity index (χ1) is 15.4. The van der Waals surface area contributed by atoms with E-state index < -0.39 is 47.2 Å². The molecule has 0 radical (unpaired) electrons. The van der Waals surface area contributed by atoms with Crippen molar-refractivity contribution in [3.63, 3.8) is 0 Å². The molecule has 0 saturated carbocycles. The van der Waals surface area contributed by atoms with Crippen LogP contribution in [-0.4, -0.2) is 36.2 Å². The first-order valence-corrected chi connectivity index (χ1v) is 11.9. The molecule has 0 atom stereocenters. The molecule has 0 bridgehead atoms. The van der Waals surface area contributed by atoms with Crippen molar-refractivity contribution in [3.05, 3.63) is 54.6 Å². The highest BCUT2D eigenvalue weighted by Crippen LogP contribution is 2.44. The van der Waals surface area contributed by atoms with Gasteiger partial charge in [-0.1, -0.05) is 24.3 Å². The molecule has 4 aromatic rings. The second kappa shape index (κ2) is 7.67. The summed E-state index contributed by atoms with van der Waals surface area (Å²) in [4.78, 5) is -1.33. The number of phenolic OH excluding ortho intramolecular Hbond substituents is 2. The lowest BCUT2D eigenvalue weighted by molar-refractivity contribution is 0.468. The third kappa shape index (κ3) is 4.05. The Labute approximate surface area is 186 Å². The van der Waals surface area contributed by atoms with Gasteiger partial charge in [-0.05, 0) is 29.7 Å². The van der Waals surface area contributed by atoms with E-state index in [2.05, 4.69) is 10.2 Å². The number of nitrogen functional groups attached to an aromatic ring is 1. The van der Waals surface area contributed by atoms with E-state index in [-0.39, 0.29) is 32.9 Å². The van der Waals surface area contributed by atoms with Crippen molar-refractivity contribution in [2.75, 3.05) is 5.73 Å². The van der Waals surface area contributed by atoms with Crippen molar-refractivity contribution >= 4 is 58.8 Å². The second-order valence-corrected chi connectivity index (χ2v) is 9.77. The topological polar surface area (TPSA) is 200 Å². The Morgan fingerprint density at radius 1 is 0.697 bits per heavy atom. The van der Waals surface area contributed by atoms with Crippen LogP contribution in [0.2, 0.25) is 0 Å². The first-order valence-electron chi connectivity index (χ1n) is 9.04. The zero-order valence-electron chi connectivity index (χ0n) is 16.4. The SMILES string of the molecule is Nc1ccc2c(O)c(N=Nc3c(O)cc(S(=O)(=O)O)c4ccccc34)c(S(=O)(=O)O)cc2c1. The zero-order chi connectivity index (χ0) is 24.1. The number of fused-ring (bicyclic) bond motifs is 2. The summed E-state index contributed by atoms with van der Waals surface area (Å²) in [6.07, 6.45) is 0. The van der Waals surface area contributed by atoms with Gasteiger partial charge in [0.25, 0.3) is 20.2 Å². The molecule has 0 amide bonds. The van der Waals surface area contributed by atoms with Crippen LogP contribution in [0.15, 0.2) is 74.6 Å². The molecule has 6 N–H and O–H groups in total. The van der Waals surface area contributed by atoms with E-state index >= 15 is 0 Å². The second-order valence-electron chi connectivity index (χ2n) is 6.99. The van der Waals surface area contributed by atoms with Crippen LogP contribution in [0, 0.1) is 0 Å². The van der Waals surface area contributed by atoms with Gasteiger partial charge in [0, 0.05) is 27.9 Å². The average molecular weight is 489 g/mol. The highest BCUT2D eigenvalue weighted by molar-refractivity contribution is 7.86. The van der Waals surface area contributed by atoms with Gasteiger partial charge in [-0.15, -0.1) is 10.2 Å². The molecular weight excluding hydrogens is 474 g/mol. The molecule has 0 spiro atoms. The smallest absolute Gasteiger partial charge is 0.296 e. The lowest BCUT2D eigenvalue weighted by atomic mass is 10.1. The molecule has 33 heavy (non-hydrogen) atoms. The predicted octanol–water partition coefficient (Wildman–Crippen LogP) is 3.90. The Hall–Kier alpha value is -3.78. The fraction of sp³-hybridized carbons (Fsp3) is 0. The minimum Gasteiger partial charge on any atom is -0.506 e. The van der Waals surface area contributed by atoms with Crippen molar-refractivity contribution in [2.45, 2.75) is 9.79 Å². The zero-order valence-corrected chi connectivity index (χ0v) is 18.0. The molecule has 0 unspecified atom stereocenters. The summed E-state index contributed by atoms with van der Waals surface area (Å²) in [5.41, 5.74) is 5.10. The molecule has 4 rings (SSSR count). The van der Waals surface area contributed by atoms with Gasteiger partial charge in [-0.25, -0.2) is 0 Å². The van der Waals surface area contributed by atoms with Crippen molar-refractivity contribution < 1.29 is 36.2 Å². The van der Waals surface area contributed by atoms with Crippen molar-refractivity contribution in [1.29, 1.82) is 0 Å². The third-order valence-electron chi connectivity index (χ3n) is 4.84. The lowest BCUT2D eigenvalue weighted by Gasteiger charge is -2.10. The molecule has 0 heterocycles. The van der Waals surface area contributed by atoms with Crippen molar-refractivity contribution in [1.82, 2.24) is 0 Å². The van der Waals surface area contributed by atoms with Crippen LogP contribution in [-0.2, 0) is 20.2 Å². The number of hydrogen-bond acceptors (Lipinski definition) is 9. The normalized spacial score (nSPS) is 12.7. The Morgan fingerprint density at radius 2 is 1.30 bits per heavy atom. The van der Waals surface area contributed by atoms with Gasteiger partial charge in [0.2, 0.25) is 0 Å². The van der Waals surface area contributed by atoms with E-state index in [1.165, 1.54) is 42.5 Å². The standard InChI is InChI=1S/C20H15N3O8S2/c21-11-5-6-12-10(7-11)8-17(33(29,30)31)19(20(12)25)23-22-18-14-4-2-1-3-13(14)16(9-15(18)24)32(26,27)28/h1-9,24-25H,21H2,(H,26,27,28)(H,29,30,31). The quantitative estimate of drug-likeness (QED) is 0.160. The molecule has 0 aliphatic heterocycles. The van der Waals surface area contributed by atoms with E-state index in [9.17, 15) is 36.2 Å². The first kappa shape index (κ1) is 22.4. The van der Waals surface area contributed by atoms with Crippen molar-refractivity contribution in [3.8, 4) is 11.5 Å². The number of rotatable bonds is 4. The number of nitrogens with zero attached hydrogens (tertiary/aromatic N) is 2. The predicted molar refractivity (Wildman–Crippen MR) is 119 cm³/mol. The number of hydrogen-bond donors (Lipinski definition) is 5. The molecular formula is C20H15N3O8S2. The summed E-state index contributed by atoms with van der Waals surface area (Å²) in [6, 6.07) is 11.8. The van der Waals surface area contributed by atoms with Crippen LogP contribution in [0.5, 0.6) is 11.5 Å². The summed E-state index contributed by atoms with van der Waals surface area (Å²) in [7, 11) is -9.56. The number of azo groups is 1. The van der Waals surface area contributed by atoms with E-state index in [1.807, 2.05) is 0 Å². The van der Waals surface area contributed by atoms with Crippen LogP contribution in [0.4, 0.5) is 17.1 Å². The molecule has 170 valence electrons. The van der Waals surface area contributed by atoms with Gasteiger partial charge < -0.3 is 15.9 Å². The number of anilines is 1. The summed E-state index contributed by atoms with van der Waals surface area (Å²) in [5.74, 6) is -1.31. The fourth-order valence-electron chi connectivity index (χ4n) is 3.39. The highest BCUT2D eigenvalue weighted by atomic mass is 32.2. The summed E-state index contributed by atoms with van der Waals surface area (Å²) in [6.45, 7) is 0. The number of benzene rings is 4. The van der Waals surface area contributed by atoms with Gasteiger partial charge in [0.15, 0.2) is 5.75 Å². The summed E-state index contributed by atoms with van der Waals surface area (Å²) in [5, 5.41) is 29.0. The summed E-state index contributed by atoms with van der Waals surface area (Å²) >= 11 is 0. The molecule has 0 aliphatic rings. The minimum absolute atomic E-state index is 0.0139. The van der Waals surface area contributed by atoms with Gasteiger partial charge >= 0.3 is 0 Å². The van der Waals surface area contributed by atoms with E-state index in [4.69, 9.17) is 5.73 Å². The Kier molecular flexibility index (Phi) is 5.21. The molecule has 0 saturated heterocycles. The largest absolute Gasteiger partial charge is 0.506 e. The molecule has 4 aromatic carbocycles. The van der Waals surface area contributed by atoms with Crippen LogP contribution < -0.4 is 5.73 Å². The molecule has 13 heteroatoms. The minimum atomic E-state index is -4.87. The Balaban J connectivity index is 2.01. The molecule has 11 nitrogen and oxygen atoms in total. The van der Waals surface area contributed by atoms with Crippen molar-refractivity contribution in [2.24, 2.45) is 10.2 Å². The Morgan fingerprint density at radius 3 is 1.94 bits per heavy atom.